The fraction of sp³-hybridized carbons (Fsp3) is 0.318. The summed E-state index contributed by atoms with van der Waals surface area (Å²) in [4.78, 5) is 34.2. The molecule has 0 aliphatic carbocycles. The Morgan fingerprint density at radius 3 is 2.57 bits per heavy atom. The third-order valence-electron chi connectivity index (χ3n) is 5.14. The molecule has 0 bridgehead atoms. The zero-order chi connectivity index (χ0) is 20.9. The molecule has 1 aromatic carbocycles. The first kappa shape index (κ1) is 20.2. The monoisotopic (exact) mass is 424 g/mol. The summed E-state index contributed by atoms with van der Waals surface area (Å²) in [5.41, 5.74) is 1.77. The maximum Gasteiger partial charge on any atom is 0.242 e. The number of carbonyl (C=O) groups is 2. The lowest BCUT2D eigenvalue weighted by molar-refractivity contribution is -0.133. The second kappa shape index (κ2) is 9.13. The summed E-state index contributed by atoms with van der Waals surface area (Å²) >= 11 is 1.54. The summed E-state index contributed by atoms with van der Waals surface area (Å²) in [6.45, 7) is 4.66. The Hall–Kier alpha value is -3.13. The number of oxazole rings is 1. The molecule has 7 nitrogen and oxygen atoms in total. The molecule has 1 aliphatic rings. The van der Waals surface area contributed by atoms with Crippen LogP contribution in [0.4, 0.5) is 5.69 Å². The molecule has 1 N–H and O–H groups in total. The molecule has 4 rings (SSSR count). The summed E-state index contributed by atoms with van der Waals surface area (Å²) in [6, 6.07) is 14.0. The minimum absolute atomic E-state index is 0.00114. The van der Waals surface area contributed by atoms with Crippen molar-refractivity contribution in [1.82, 2.24) is 15.2 Å². The van der Waals surface area contributed by atoms with E-state index in [4.69, 9.17) is 4.42 Å². The van der Waals surface area contributed by atoms with E-state index < -0.39 is 0 Å². The van der Waals surface area contributed by atoms with Crippen LogP contribution in [0, 0.1) is 6.92 Å². The van der Waals surface area contributed by atoms with Crippen LogP contribution in [0.3, 0.4) is 0 Å². The molecular weight excluding hydrogens is 400 g/mol. The zero-order valence-corrected chi connectivity index (χ0v) is 17.7. The summed E-state index contributed by atoms with van der Waals surface area (Å²) in [5, 5.41) is 4.67. The highest BCUT2D eigenvalue weighted by atomic mass is 32.1. The average molecular weight is 425 g/mol. The second-order valence-electron chi connectivity index (χ2n) is 7.16. The lowest BCUT2D eigenvalue weighted by Crippen LogP contribution is -2.51. The Bertz CT molecular complexity index is 993. The Kier molecular flexibility index (Phi) is 6.13. The highest BCUT2D eigenvalue weighted by Crippen LogP contribution is 2.26. The molecule has 0 saturated carbocycles. The van der Waals surface area contributed by atoms with Gasteiger partial charge in [0.05, 0.1) is 23.5 Å². The van der Waals surface area contributed by atoms with E-state index in [1.807, 2.05) is 35.7 Å². The molecule has 1 fully saturated rings. The average Bonchev–Trinajstić information content (AvgIpc) is 3.43. The van der Waals surface area contributed by atoms with Crippen LogP contribution in [0.1, 0.15) is 11.5 Å². The highest BCUT2D eigenvalue weighted by Gasteiger charge is 2.22. The third kappa shape index (κ3) is 4.71. The minimum Gasteiger partial charge on any atom is -0.440 e. The SMILES string of the molecule is Cc1oc(-c2cccs2)nc1CC(=O)NCC(=O)N1CCN(c2ccccc2)CC1. The molecular formula is C22H24N4O3S. The second-order valence-corrected chi connectivity index (χ2v) is 8.10. The van der Waals surface area contributed by atoms with E-state index >= 15 is 0 Å². The lowest BCUT2D eigenvalue weighted by atomic mass is 10.2. The van der Waals surface area contributed by atoms with Gasteiger partial charge in [-0.15, -0.1) is 11.3 Å². The van der Waals surface area contributed by atoms with Crippen molar-refractivity contribution in [2.75, 3.05) is 37.6 Å². The van der Waals surface area contributed by atoms with Gasteiger partial charge < -0.3 is 19.5 Å². The molecule has 2 aromatic heterocycles. The van der Waals surface area contributed by atoms with E-state index in [1.54, 1.807) is 11.8 Å². The fourth-order valence-electron chi connectivity index (χ4n) is 3.45. The predicted octanol–water partition coefficient (Wildman–Crippen LogP) is 2.72. The number of nitrogens with zero attached hydrogens (tertiary/aromatic N) is 3. The summed E-state index contributed by atoms with van der Waals surface area (Å²) in [7, 11) is 0. The number of rotatable bonds is 6. The van der Waals surface area contributed by atoms with Gasteiger partial charge >= 0.3 is 0 Å². The number of hydrogen-bond acceptors (Lipinski definition) is 6. The van der Waals surface area contributed by atoms with Crippen LogP contribution < -0.4 is 10.2 Å². The maximum atomic E-state index is 12.5. The van der Waals surface area contributed by atoms with Gasteiger partial charge in [-0.25, -0.2) is 4.98 Å². The van der Waals surface area contributed by atoms with Crippen molar-refractivity contribution in [2.24, 2.45) is 0 Å². The number of piperazine rings is 1. The molecule has 0 radical (unpaired) electrons. The van der Waals surface area contributed by atoms with Crippen LogP contribution in [0.5, 0.6) is 0 Å². The molecule has 2 amide bonds. The van der Waals surface area contributed by atoms with Crippen LogP contribution in [0.15, 0.2) is 52.3 Å². The van der Waals surface area contributed by atoms with Crippen molar-refractivity contribution in [1.29, 1.82) is 0 Å². The van der Waals surface area contributed by atoms with Crippen molar-refractivity contribution in [3.63, 3.8) is 0 Å². The summed E-state index contributed by atoms with van der Waals surface area (Å²) < 4.78 is 5.67. The van der Waals surface area contributed by atoms with Crippen molar-refractivity contribution >= 4 is 28.8 Å². The van der Waals surface area contributed by atoms with E-state index in [1.165, 1.54) is 17.0 Å². The number of hydrogen-bond donors (Lipinski definition) is 1. The van der Waals surface area contributed by atoms with Gasteiger partial charge in [0.15, 0.2) is 0 Å². The van der Waals surface area contributed by atoms with Crippen LogP contribution in [0.2, 0.25) is 0 Å². The Labute approximate surface area is 179 Å². The molecule has 1 saturated heterocycles. The normalized spacial score (nSPS) is 14.0. The molecule has 3 aromatic rings. The first-order valence-corrected chi connectivity index (χ1v) is 10.8. The van der Waals surface area contributed by atoms with Crippen molar-refractivity contribution in [3.8, 4) is 10.8 Å². The number of benzene rings is 1. The molecule has 30 heavy (non-hydrogen) atoms. The van der Waals surface area contributed by atoms with Crippen molar-refractivity contribution in [3.05, 3.63) is 59.3 Å². The maximum absolute atomic E-state index is 12.5. The molecule has 0 atom stereocenters. The van der Waals surface area contributed by atoms with Crippen molar-refractivity contribution in [2.45, 2.75) is 13.3 Å². The minimum atomic E-state index is -0.236. The van der Waals surface area contributed by atoms with Crippen LogP contribution in [-0.2, 0) is 16.0 Å². The van der Waals surface area contributed by atoms with E-state index in [9.17, 15) is 9.59 Å². The molecule has 3 heterocycles. The van der Waals surface area contributed by atoms with Gasteiger partial charge in [-0.3, -0.25) is 9.59 Å². The number of carbonyl (C=O) groups excluding carboxylic acids is 2. The summed E-state index contributed by atoms with van der Waals surface area (Å²) in [5.74, 6) is 0.849. The quantitative estimate of drug-likeness (QED) is 0.658. The molecule has 156 valence electrons. The standard InChI is InChI=1S/C22H24N4O3S/c1-16-18(24-22(29-16)19-8-5-13-30-19)14-20(27)23-15-21(28)26-11-9-25(10-12-26)17-6-3-2-4-7-17/h2-8,13H,9-12,14-15H2,1H3,(H,23,27). The number of thiophene rings is 1. The largest absolute Gasteiger partial charge is 0.440 e. The van der Waals surface area contributed by atoms with E-state index in [0.717, 1.165) is 18.0 Å². The van der Waals surface area contributed by atoms with Gasteiger partial charge in [-0.1, -0.05) is 24.3 Å². The number of aromatic nitrogens is 1. The van der Waals surface area contributed by atoms with Gasteiger partial charge in [0.1, 0.15) is 5.76 Å². The number of para-hydroxylation sites is 1. The molecule has 0 unspecified atom stereocenters. The summed E-state index contributed by atoms with van der Waals surface area (Å²) in [6.07, 6.45) is 0.0930. The molecule has 0 spiro atoms. The number of nitrogens with one attached hydrogen (secondary N) is 1. The van der Waals surface area contributed by atoms with Gasteiger partial charge in [0.25, 0.3) is 0 Å². The van der Waals surface area contributed by atoms with Crippen LogP contribution in [0.25, 0.3) is 10.8 Å². The molecule has 1 aliphatic heterocycles. The Morgan fingerprint density at radius 2 is 1.87 bits per heavy atom. The van der Waals surface area contributed by atoms with E-state index in [2.05, 4.69) is 27.3 Å². The van der Waals surface area contributed by atoms with E-state index in [0.29, 0.717) is 30.4 Å². The lowest BCUT2D eigenvalue weighted by Gasteiger charge is -2.36. The first-order valence-electron chi connectivity index (χ1n) is 9.95. The van der Waals surface area contributed by atoms with Crippen LogP contribution in [-0.4, -0.2) is 54.4 Å². The Morgan fingerprint density at radius 1 is 1.10 bits per heavy atom. The zero-order valence-electron chi connectivity index (χ0n) is 16.8. The van der Waals surface area contributed by atoms with Gasteiger partial charge in [0, 0.05) is 31.9 Å². The fourth-order valence-corrected chi connectivity index (χ4v) is 4.10. The highest BCUT2D eigenvalue weighted by molar-refractivity contribution is 7.13. The number of aryl methyl sites for hydroxylation is 1. The topological polar surface area (TPSA) is 78.7 Å². The van der Waals surface area contributed by atoms with Crippen LogP contribution >= 0.6 is 11.3 Å². The predicted molar refractivity (Wildman–Crippen MR) is 117 cm³/mol. The van der Waals surface area contributed by atoms with E-state index in [-0.39, 0.29) is 24.8 Å². The smallest absolute Gasteiger partial charge is 0.242 e. The number of amides is 2. The van der Waals surface area contributed by atoms with Crippen molar-refractivity contribution < 1.29 is 14.0 Å². The van der Waals surface area contributed by atoms with Gasteiger partial charge in [-0.05, 0) is 30.5 Å². The number of anilines is 1. The van der Waals surface area contributed by atoms with Gasteiger partial charge in [-0.2, -0.15) is 0 Å². The third-order valence-corrected chi connectivity index (χ3v) is 6.00. The van der Waals surface area contributed by atoms with Gasteiger partial charge in [0.2, 0.25) is 17.7 Å². The first-order chi connectivity index (χ1) is 14.6. The molecule has 8 heteroatoms. The Balaban J connectivity index is 1.24.